The molecular formula is C24H18N4O2. The predicted octanol–water partition coefficient (Wildman–Crippen LogP) is 3.52. The Morgan fingerprint density at radius 2 is 1.83 bits per heavy atom. The first-order chi connectivity index (χ1) is 14.7. The maximum Gasteiger partial charge on any atom is 0.267 e. The molecule has 1 aliphatic rings. The quantitative estimate of drug-likeness (QED) is 0.506. The van der Waals surface area contributed by atoms with Crippen LogP contribution in [0.15, 0.2) is 83.9 Å². The summed E-state index contributed by atoms with van der Waals surface area (Å²) < 4.78 is 1.17. The SMILES string of the molecule is O=C(Cn1nc(-c2cccnc2)ccc1=O)Nc1ccc2c(c1)Cc1ccccc1-2. The molecule has 0 fully saturated rings. The van der Waals surface area contributed by atoms with Crippen LogP contribution in [0.3, 0.4) is 0 Å². The third-order valence-electron chi connectivity index (χ3n) is 5.19. The Kier molecular flexibility index (Phi) is 4.44. The lowest BCUT2D eigenvalue weighted by Crippen LogP contribution is -2.29. The third-order valence-corrected chi connectivity index (χ3v) is 5.19. The highest BCUT2D eigenvalue weighted by molar-refractivity contribution is 5.91. The Hall–Kier alpha value is -4.06. The number of nitrogens with one attached hydrogen (secondary N) is 1. The second-order valence-electron chi connectivity index (χ2n) is 7.21. The molecule has 0 atom stereocenters. The summed E-state index contributed by atoms with van der Waals surface area (Å²) in [5, 5.41) is 7.19. The number of carbonyl (C=O) groups is 1. The standard InChI is InChI=1S/C24H18N4O2/c29-23(15-28-24(30)10-9-22(27-28)17-5-3-11-25-14-17)26-19-7-8-21-18(13-19)12-16-4-1-2-6-20(16)21/h1-11,13-14H,12,15H2,(H,26,29). The van der Waals surface area contributed by atoms with E-state index in [9.17, 15) is 9.59 Å². The van der Waals surface area contributed by atoms with Crippen LogP contribution in [0.1, 0.15) is 11.1 Å². The maximum absolute atomic E-state index is 12.6. The van der Waals surface area contributed by atoms with Crippen molar-refractivity contribution in [2.75, 3.05) is 5.32 Å². The van der Waals surface area contributed by atoms with E-state index >= 15 is 0 Å². The molecule has 2 aromatic carbocycles. The molecule has 0 radical (unpaired) electrons. The Bertz CT molecular complexity index is 1310. The molecule has 1 amide bonds. The van der Waals surface area contributed by atoms with Gasteiger partial charge in [-0.25, -0.2) is 4.68 Å². The first-order valence-corrected chi connectivity index (χ1v) is 9.67. The molecule has 0 aliphatic heterocycles. The molecule has 6 nitrogen and oxygen atoms in total. The number of nitrogens with zero attached hydrogens (tertiary/aromatic N) is 3. The fourth-order valence-corrected chi connectivity index (χ4v) is 3.79. The van der Waals surface area contributed by atoms with Crippen LogP contribution in [0.2, 0.25) is 0 Å². The molecule has 2 heterocycles. The number of carbonyl (C=O) groups excluding carboxylic acids is 1. The second kappa shape index (κ2) is 7.40. The molecule has 0 saturated carbocycles. The lowest BCUT2D eigenvalue weighted by Gasteiger charge is -2.09. The minimum Gasteiger partial charge on any atom is -0.324 e. The van der Waals surface area contributed by atoms with Gasteiger partial charge in [0.25, 0.3) is 5.56 Å². The van der Waals surface area contributed by atoms with E-state index in [1.54, 1.807) is 24.5 Å². The van der Waals surface area contributed by atoms with Crippen molar-refractivity contribution in [2.24, 2.45) is 0 Å². The molecule has 0 saturated heterocycles. The Balaban J connectivity index is 1.34. The Morgan fingerprint density at radius 1 is 0.967 bits per heavy atom. The lowest BCUT2D eigenvalue weighted by molar-refractivity contribution is -0.117. The van der Waals surface area contributed by atoms with Crippen LogP contribution in [0.25, 0.3) is 22.4 Å². The van der Waals surface area contributed by atoms with Crippen LogP contribution in [-0.4, -0.2) is 20.7 Å². The Labute approximate surface area is 172 Å². The van der Waals surface area contributed by atoms with E-state index in [0.29, 0.717) is 11.4 Å². The van der Waals surface area contributed by atoms with Crippen LogP contribution in [-0.2, 0) is 17.8 Å². The number of rotatable bonds is 4. The van der Waals surface area contributed by atoms with Crippen LogP contribution >= 0.6 is 0 Å². The van der Waals surface area contributed by atoms with Crippen LogP contribution in [0.5, 0.6) is 0 Å². The van der Waals surface area contributed by atoms with Gasteiger partial charge in [-0.1, -0.05) is 30.3 Å². The van der Waals surface area contributed by atoms with Gasteiger partial charge in [-0.2, -0.15) is 5.10 Å². The van der Waals surface area contributed by atoms with Gasteiger partial charge < -0.3 is 5.32 Å². The summed E-state index contributed by atoms with van der Waals surface area (Å²) in [6, 6.07) is 20.9. The summed E-state index contributed by atoms with van der Waals surface area (Å²) in [6.45, 7) is -0.162. The van der Waals surface area contributed by atoms with Crippen molar-refractivity contribution in [3.8, 4) is 22.4 Å². The highest BCUT2D eigenvalue weighted by atomic mass is 16.2. The minimum atomic E-state index is -0.331. The van der Waals surface area contributed by atoms with Gasteiger partial charge in [0.15, 0.2) is 0 Å². The van der Waals surface area contributed by atoms with Crippen molar-refractivity contribution < 1.29 is 4.79 Å². The van der Waals surface area contributed by atoms with Gasteiger partial charge in [0.2, 0.25) is 5.91 Å². The number of fused-ring (bicyclic) bond motifs is 3. The third kappa shape index (κ3) is 3.39. The van der Waals surface area contributed by atoms with Crippen molar-refractivity contribution in [1.82, 2.24) is 14.8 Å². The number of hydrogen-bond donors (Lipinski definition) is 1. The molecule has 0 unspecified atom stereocenters. The maximum atomic E-state index is 12.6. The molecule has 5 rings (SSSR count). The summed E-state index contributed by atoms with van der Waals surface area (Å²) in [6.07, 6.45) is 4.19. The van der Waals surface area contributed by atoms with Gasteiger partial charge in [0.1, 0.15) is 6.54 Å². The fraction of sp³-hybridized carbons (Fsp3) is 0.0833. The first kappa shape index (κ1) is 18.0. The van der Waals surface area contributed by atoms with Crippen LogP contribution in [0, 0.1) is 0 Å². The van der Waals surface area contributed by atoms with Gasteiger partial charge in [-0.05, 0) is 59.0 Å². The van der Waals surface area contributed by atoms with Gasteiger partial charge in [0.05, 0.1) is 5.69 Å². The average molecular weight is 394 g/mol. The number of anilines is 1. The largest absolute Gasteiger partial charge is 0.324 e. The highest BCUT2D eigenvalue weighted by Gasteiger charge is 2.18. The van der Waals surface area contributed by atoms with Gasteiger partial charge in [0, 0.05) is 29.7 Å². The van der Waals surface area contributed by atoms with Crippen molar-refractivity contribution in [3.05, 3.63) is 101 Å². The molecule has 146 valence electrons. The molecule has 0 spiro atoms. The number of pyridine rings is 1. The summed E-state index contributed by atoms with van der Waals surface area (Å²) >= 11 is 0. The van der Waals surface area contributed by atoms with Crippen molar-refractivity contribution in [3.63, 3.8) is 0 Å². The zero-order valence-corrected chi connectivity index (χ0v) is 16.1. The average Bonchev–Trinajstić information content (AvgIpc) is 3.13. The van der Waals surface area contributed by atoms with Crippen molar-refractivity contribution in [1.29, 1.82) is 0 Å². The second-order valence-corrected chi connectivity index (χ2v) is 7.21. The molecule has 4 aromatic rings. The smallest absolute Gasteiger partial charge is 0.267 e. The van der Waals surface area contributed by atoms with E-state index in [-0.39, 0.29) is 18.0 Å². The summed E-state index contributed by atoms with van der Waals surface area (Å²) in [5.41, 5.74) is 6.67. The molecule has 1 aliphatic carbocycles. The van der Waals surface area contributed by atoms with Crippen molar-refractivity contribution >= 4 is 11.6 Å². The zero-order chi connectivity index (χ0) is 20.5. The number of amides is 1. The molecular weight excluding hydrogens is 376 g/mol. The van der Waals surface area contributed by atoms with E-state index in [2.05, 4.69) is 27.5 Å². The first-order valence-electron chi connectivity index (χ1n) is 9.67. The van der Waals surface area contributed by atoms with E-state index < -0.39 is 0 Å². The van der Waals surface area contributed by atoms with E-state index in [1.807, 2.05) is 36.4 Å². The summed E-state index contributed by atoms with van der Waals surface area (Å²) in [7, 11) is 0. The lowest BCUT2D eigenvalue weighted by atomic mass is 10.1. The number of hydrogen-bond acceptors (Lipinski definition) is 4. The summed E-state index contributed by atoms with van der Waals surface area (Å²) in [4.78, 5) is 28.8. The van der Waals surface area contributed by atoms with Crippen LogP contribution in [0.4, 0.5) is 5.69 Å². The number of aromatic nitrogens is 3. The topological polar surface area (TPSA) is 76.9 Å². The fourth-order valence-electron chi connectivity index (χ4n) is 3.79. The minimum absolute atomic E-state index is 0.162. The van der Waals surface area contributed by atoms with E-state index in [0.717, 1.165) is 12.0 Å². The predicted molar refractivity (Wildman–Crippen MR) is 115 cm³/mol. The molecule has 1 N–H and O–H groups in total. The zero-order valence-electron chi connectivity index (χ0n) is 16.1. The monoisotopic (exact) mass is 394 g/mol. The van der Waals surface area contributed by atoms with Crippen LogP contribution < -0.4 is 10.9 Å². The molecule has 0 bridgehead atoms. The molecule has 30 heavy (non-hydrogen) atoms. The number of benzene rings is 2. The summed E-state index contributed by atoms with van der Waals surface area (Å²) in [5.74, 6) is -0.302. The van der Waals surface area contributed by atoms with Crippen molar-refractivity contribution in [2.45, 2.75) is 13.0 Å². The van der Waals surface area contributed by atoms with Gasteiger partial charge in [-0.15, -0.1) is 0 Å². The molecule has 2 aromatic heterocycles. The normalized spacial score (nSPS) is 11.6. The van der Waals surface area contributed by atoms with E-state index in [4.69, 9.17) is 0 Å². The van der Waals surface area contributed by atoms with E-state index in [1.165, 1.54) is 33.0 Å². The van der Waals surface area contributed by atoms with Gasteiger partial charge >= 0.3 is 0 Å². The molecule has 6 heteroatoms. The Morgan fingerprint density at radius 3 is 2.70 bits per heavy atom. The highest BCUT2D eigenvalue weighted by Crippen LogP contribution is 2.37. The van der Waals surface area contributed by atoms with Gasteiger partial charge in [-0.3, -0.25) is 14.6 Å².